The number of nitrogens with one attached hydrogen (secondary N) is 2. The van der Waals surface area contributed by atoms with E-state index in [0.717, 1.165) is 45.2 Å². The average Bonchev–Trinajstić information content (AvgIpc) is 2.93. The first-order valence-electron chi connectivity index (χ1n) is 7.56. The third-order valence-corrected chi connectivity index (χ3v) is 4.58. The van der Waals surface area contributed by atoms with E-state index in [1.165, 1.54) is 0 Å². The molecule has 110 valence electrons. The zero-order valence-electron chi connectivity index (χ0n) is 11.8. The highest BCUT2D eigenvalue weighted by Gasteiger charge is 2.34. The fourth-order valence-corrected chi connectivity index (χ4v) is 3.09. The molecule has 1 saturated carbocycles. The Balaban J connectivity index is 1.64. The molecular formula is C15H23N3O2. The maximum Gasteiger partial charge on any atom is 0.268 e. The summed E-state index contributed by atoms with van der Waals surface area (Å²) < 4.78 is 2.08. The van der Waals surface area contributed by atoms with Gasteiger partial charge in [0.1, 0.15) is 5.69 Å². The Morgan fingerprint density at radius 3 is 2.85 bits per heavy atom. The summed E-state index contributed by atoms with van der Waals surface area (Å²) in [5.74, 6) is -0.0751. The molecule has 2 fully saturated rings. The molecule has 0 unspecified atom stereocenters. The van der Waals surface area contributed by atoms with Crippen LogP contribution in [-0.2, 0) is 0 Å². The largest absolute Gasteiger partial charge is 0.388 e. The topological polar surface area (TPSA) is 66.3 Å². The van der Waals surface area contributed by atoms with Crippen molar-refractivity contribution >= 4 is 5.91 Å². The number of rotatable bonds is 4. The lowest BCUT2D eigenvalue weighted by Gasteiger charge is -2.36. The molecule has 1 amide bonds. The number of hydrogen-bond donors (Lipinski definition) is 3. The van der Waals surface area contributed by atoms with Crippen molar-refractivity contribution in [3.05, 3.63) is 24.0 Å². The van der Waals surface area contributed by atoms with Gasteiger partial charge in [-0.2, -0.15) is 0 Å². The second-order valence-corrected chi connectivity index (χ2v) is 6.04. The summed E-state index contributed by atoms with van der Waals surface area (Å²) in [7, 11) is 0. The number of amides is 1. The van der Waals surface area contributed by atoms with Crippen molar-refractivity contribution in [1.82, 2.24) is 15.2 Å². The number of carbonyl (C=O) groups excluding carboxylic acids is 1. The van der Waals surface area contributed by atoms with Gasteiger partial charge in [-0.15, -0.1) is 0 Å². The molecule has 1 aromatic heterocycles. The van der Waals surface area contributed by atoms with E-state index in [2.05, 4.69) is 15.2 Å². The summed E-state index contributed by atoms with van der Waals surface area (Å²) >= 11 is 0. The van der Waals surface area contributed by atoms with Crippen molar-refractivity contribution in [3.63, 3.8) is 0 Å². The Hall–Kier alpha value is -1.33. The van der Waals surface area contributed by atoms with Crippen LogP contribution in [-0.4, -0.2) is 40.8 Å². The van der Waals surface area contributed by atoms with Gasteiger partial charge in [0.25, 0.3) is 5.91 Å². The fraction of sp³-hybridized carbons (Fsp3) is 0.667. The molecule has 1 aromatic rings. The van der Waals surface area contributed by atoms with E-state index in [1.807, 2.05) is 18.3 Å². The normalized spacial score (nSPS) is 22.2. The van der Waals surface area contributed by atoms with Gasteiger partial charge in [0.15, 0.2) is 0 Å². The van der Waals surface area contributed by atoms with Crippen LogP contribution >= 0.6 is 0 Å². The average molecular weight is 277 g/mol. The second-order valence-electron chi connectivity index (χ2n) is 6.04. The van der Waals surface area contributed by atoms with E-state index in [-0.39, 0.29) is 5.91 Å². The number of carbonyl (C=O) groups is 1. The molecule has 0 radical (unpaired) electrons. The SMILES string of the molecule is O=C(NCC1(O)CCC1)c1cccn1C1CCNCC1. The summed E-state index contributed by atoms with van der Waals surface area (Å²) in [6.07, 6.45) is 6.74. The Labute approximate surface area is 119 Å². The summed E-state index contributed by atoms with van der Waals surface area (Å²) in [4.78, 5) is 12.3. The van der Waals surface area contributed by atoms with Crippen LogP contribution in [0.5, 0.6) is 0 Å². The Morgan fingerprint density at radius 2 is 2.20 bits per heavy atom. The number of hydrogen-bond acceptors (Lipinski definition) is 3. The summed E-state index contributed by atoms with van der Waals surface area (Å²) in [5, 5.41) is 16.3. The lowest BCUT2D eigenvalue weighted by molar-refractivity contribution is -0.0301. The van der Waals surface area contributed by atoms with E-state index < -0.39 is 5.60 Å². The minimum absolute atomic E-state index is 0.0751. The molecule has 20 heavy (non-hydrogen) atoms. The second kappa shape index (κ2) is 5.58. The Morgan fingerprint density at radius 1 is 1.45 bits per heavy atom. The van der Waals surface area contributed by atoms with Crippen molar-refractivity contribution in [2.75, 3.05) is 19.6 Å². The Kier molecular flexibility index (Phi) is 3.81. The van der Waals surface area contributed by atoms with Gasteiger partial charge >= 0.3 is 0 Å². The van der Waals surface area contributed by atoms with Crippen molar-refractivity contribution in [3.8, 4) is 0 Å². The molecule has 5 heteroatoms. The van der Waals surface area contributed by atoms with Crippen LogP contribution in [0.15, 0.2) is 18.3 Å². The molecule has 1 aliphatic heterocycles. The monoisotopic (exact) mass is 277 g/mol. The third kappa shape index (κ3) is 2.74. The molecule has 2 aliphatic rings. The number of piperidine rings is 1. The standard InChI is InChI=1S/C15H23N3O2/c19-14(17-11-15(20)6-2-7-15)13-3-1-10-18(13)12-4-8-16-9-5-12/h1,3,10,12,16,20H,2,4-9,11H2,(H,17,19). The van der Waals surface area contributed by atoms with Gasteiger partial charge in [0, 0.05) is 18.8 Å². The van der Waals surface area contributed by atoms with Gasteiger partial charge in [0.05, 0.1) is 5.60 Å². The van der Waals surface area contributed by atoms with Gasteiger partial charge in [-0.25, -0.2) is 0 Å². The minimum atomic E-state index is -0.665. The molecule has 0 atom stereocenters. The quantitative estimate of drug-likeness (QED) is 0.771. The van der Waals surface area contributed by atoms with Crippen LogP contribution < -0.4 is 10.6 Å². The predicted octanol–water partition coefficient (Wildman–Crippen LogP) is 1.06. The van der Waals surface area contributed by atoms with E-state index in [4.69, 9.17) is 0 Å². The highest BCUT2D eigenvalue weighted by molar-refractivity contribution is 5.92. The van der Waals surface area contributed by atoms with E-state index in [1.54, 1.807) is 0 Å². The van der Waals surface area contributed by atoms with Crippen molar-refractivity contribution in [2.45, 2.75) is 43.7 Å². The van der Waals surface area contributed by atoms with Gasteiger partial charge in [-0.3, -0.25) is 4.79 Å². The fourth-order valence-electron chi connectivity index (χ4n) is 3.09. The van der Waals surface area contributed by atoms with Crippen LogP contribution in [0.3, 0.4) is 0 Å². The molecular weight excluding hydrogens is 254 g/mol. The van der Waals surface area contributed by atoms with Crippen molar-refractivity contribution in [1.29, 1.82) is 0 Å². The van der Waals surface area contributed by atoms with E-state index in [9.17, 15) is 9.90 Å². The van der Waals surface area contributed by atoms with Crippen LogP contribution in [0.25, 0.3) is 0 Å². The van der Waals surface area contributed by atoms with Crippen molar-refractivity contribution < 1.29 is 9.90 Å². The van der Waals surface area contributed by atoms with Crippen LogP contribution in [0.2, 0.25) is 0 Å². The first kappa shape index (κ1) is 13.6. The van der Waals surface area contributed by atoms with E-state index >= 15 is 0 Å². The Bertz CT molecular complexity index is 473. The number of aliphatic hydroxyl groups is 1. The van der Waals surface area contributed by atoms with Crippen molar-refractivity contribution in [2.24, 2.45) is 0 Å². The molecule has 0 bridgehead atoms. The highest BCUT2D eigenvalue weighted by Crippen LogP contribution is 2.30. The van der Waals surface area contributed by atoms with Crippen LogP contribution in [0.1, 0.15) is 48.6 Å². The smallest absolute Gasteiger partial charge is 0.268 e. The highest BCUT2D eigenvalue weighted by atomic mass is 16.3. The maximum absolute atomic E-state index is 12.3. The number of aromatic nitrogens is 1. The molecule has 0 aromatic carbocycles. The molecule has 0 spiro atoms. The van der Waals surface area contributed by atoms with Gasteiger partial charge in [-0.1, -0.05) is 0 Å². The summed E-state index contributed by atoms with van der Waals surface area (Å²) in [6, 6.07) is 4.19. The van der Waals surface area contributed by atoms with Gasteiger partial charge < -0.3 is 20.3 Å². The third-order valence-electron chi connectivity index (χ3n) is 4.58. The number of nitrogens with zero attached hydrogens (tertiary/aromatic N) is 1. The molecule has 3 rings (SSSR count). The lowest BCUT2D eigenvalue weighted by atomic mass is 9.80. The predicted molar refractivity (Wildman–Crippen MR) is 76.7 cm³/mol. The van der Waals surface area contributed by atoms with Crippen LogP contribution in [0.4, 0.5) is 0 Å². The molecule has 5 nitrogen and oxygen atoms in total. The lowest BCUT2D eigenvalue weighted by Crippen LogP contribution is -2.48. The molecule has 1 saturated heterocycles. The first-order chi connectivity index (χ1) is 9.68. The van der Waals surface area contributed by atoms with E-state index in [0.29, 0.717) is 18.3 Å². The molecule has 2 heterocycles. The first-order valence-corrected chi connectivity index (χ1v) is 7.56. The molecule has 1 aliphatic carbocycles. The molecule has 3 N–H and O–H groups in total. The summed E-state index contributed by atoms with van der Waals surface area (Å²) in [5.41, 5.74) is 0.0433. The zero-order valence-corrected chi connectivity index (χ0v) is 11.8. The van der Waals surface area contributed by atoms with Gasteiger partial charge in [-0.05, 0) is 57.3 Å². The van der Waals surface area contributed by atoms with Crippen LogP contribution in [0, 0.1) is 0 Å². The maximum atomic E-state index is 12.3. The van der Waals surface area contributed by atoms with Gasteiger partial charge in [0.2, 0.25) is 0 Å². The minimum Gasteiger partial charge on any atom is -0.388 e. The summed E-state index contributed by atoms with van der Waals surface area (Å²) in [6.45, 7) is 2.37. The zero-order chi connectivity index (χ0) is 14.0.